The average molecular weight is 292 g/mol. The van der Waals surface area contributed by atoms with Gasteiger partial charge in [0.15, 0.2) is 5.58 Å². The molecular formula is C18H12O4. The van der Waals surface area contributed by atoms with Crippen LogP contribution in [0.1, 0.15) is 0 Å². The Morgan fingerprint density at radius 3 is 2.59 bits per heavy atom. The highest BCUT2D eigenvalue weighted by Gasteiger charge is 2.15. The third kappa shape index (κ3) is 1.81. The van der Waals surface area contributed by atoms with Crippen LogP contribution in [0.2, 0.25) is 0 Å². The van der Waals surface area contributed by atoms with E-state index in [2.05, 4.69) is 0 Å². The van der Waals surface area contributed by atoms with Crippen molar-refractivity contribution < 1.29 is 13.6 Å². The lowest BCUT2D eigenvalue weighted by molar-refractivity contribution is 0.418. The molecule has 0 aliphatic rings. The zero-order valence-corrected chi connectivity index (χ0v) is 11.8. The molecule has 0 spiro atoms. The minimum Gasteiger partial charge on any atom is -0.496 e. The van der Waals surface area contributed by atoms with Crippen LogP contribution >= 0.6 is 0 Å². The van der Waals surface area contributed by atoms with Crippen molar-refractivity contribution in [3.05, 3.63) is 65.2 Å². The van der Waals surface area contributed by atoms with Gasteiger partial charge in [-0.1, -0.05) is 30.3 Å². The van der Waals surface area contributed by atoms with E-state index in [0.717, 1.165) is 16.3 Å². The normalized spacial score (nSPS) is 11.1. The number of rotatable bonds is 2. The van der Waals surface area contributed by atoms with Crippen molar-refractivity contribution in [2.45, 2.75) is 0 Å². The summed E-state index contributed by atoms with van der Waals surface area (Å²) >= 11 is 0. The summed E-state index contributed by atoms with van der Waals surface area (Å²) in [5, 5.41) is 1.50. The van der Waals surface area contributed by atoms with E-state index in [4.69, 9.17) is 13.6 Å². The Bertz CT molecular complexity index is 1030. The molecule has 0 atom stereocenters. The quantitative estimate of drug-likeness (QED) is 0.519. The van der Waals surface area contributed by atoms with Crippen LogP contribution in [0.15, 0.2) is 68.4 Å². The molecule has 4 nitrogen and oxygen atoms in total. The van der Waals surface area contributed by atoms with Gasteiger partial charge in [0.2, 0.25) is 0 Å². The Hall–Kier alpha value is -3.01. The standard InChI is InChI=1S/C18H12O4/c1-20-15-10-16-12(7-8-21-16)17-14(15)9-13(18(19)22-17)11-5-3-2-4-6-11/h2-10H,1H3. The first kappa shape index (κ1) is 12.7. The number of methoxy groups -OCH3 is 1. The van der Waals surface area contributed by atoms with Gasteiger partial charge in [0, 0.05) is 6.07 Å². The summed E-state index contributed by atoms with van der Waals surface area (Å²) in [6.07, 6.45) is 1.56. The molecular weight excluding hydrogens is 280 g/mol. The van der Waals surface area contributed by atoms with Crippen LogP contribution in [0.4, 0.5) is 0 Å². The van der Waals surface area contributed by atoms with Gasteiger partial charge in [-0.25, -0.2) is 4.79 Å². The molecule has 108 valence electrons. The van der Waals surface area contributed by atoms with Gasteiger partial charge >= 0.3 is 5.63 Å². The molecule has 0 amide bonds. The second kappa shape index (κ2) is 4.77. The van der Waals surface area contributed by atoms with Crippen molar-refractivity contribution in [3.8, 4) is 16.9 Å². The summed E-state index contributed by atoms with van der Waals surface area (Å²) in [7, 11) is 1.58. The Morgan fingerprint density at radius 2 is 1.82 bits per heavy atom. The summed E-state index contributed by atoms with van der Waals surface area (Å²) in [5.74, 6) is 0.610. The summed E-state index contributed by atoms with van der Waals surface area (Å²) in [4.78, 5) is 12.4. The van der Waals surface area contributed by atoms with E-state index in [0.29, 0.717) is 22.5 Å². The van der Waals surface area contributed by atoms with Gasteiger partial charge in [-0.15, -0.1) is 0 Å². The smallest absolute Gasteiger partial charge is 0.344 e. The largest absolute Gasteiger partial charge is 0.496 e. The van der Waals surface area contributed by atoms with Crippen molar-refractivity contribution in [1.29, 1.82) is 0 Å². The van der Waals surface area contributed by atoms with E-state index in [1.807, 2.05) is 36.4 Å². The molecule has 0 N–H and O–H groups in total. The fourth-order valence-electron chi connectivity index (χ4n) is 2.66. The highest BCUT2D eigenvalue weighted by Crippen LogP contribution is 2.35. The molecule has 4 rings (SSSR count). The van der Waals surface area contributed by atoms with Gasteiger partial charge in [-0.05, 0) is 17.7 Å². The topological polar surface area (TPSA) is 52.6 Å². The van der Waals surface area contributed by atoms with Crippen LogP contribution in [0.25, 0.3) is 33.1 Å². The Labute approximate surface area is 125 Å². The van der Waals surface area contributed by atoms with Crippen LogP contribution < -0.4 is 10.4 Å². The van der Waals surface area contributed by atoms with Gasteiger partial charge in [-0.2, -0.15) is 0 Å². The maximum Gasteiger partial charge on any atom is 0.344 e. The lowest BCUT2D eigenvalue weighted by atomic mass is 10.0. The van der Waals surface area contributed by atoms with Gasteiger partial charge in [0.1, 0.15) is 11.3 Å². The minimum absolute atomic E-state index is 0.380. The SMILES string of the molecule is COc1cc2occc2c2oc(=O)c(-c3ccccc3)cc12. The minimum atomic E-state index is -0.380. The summed E-state index contributed by atoms with van der Waals surface area (Å²) < 4.78 is 16.4. The fourth-order valence-corrected chi connectivity index (χ4v) is 2.66. The van der Waals surface area contributed by atoms with Gasteiger partial charge in [-0.3, -0.25) is 0 Å². The molecule has 2 aromatic carbocycles. The molecule has 4 heteroatoms. The Balaban J connectivity index is 2.13. The first-order chi connectivity index (χ1) is 10.8. The van der Waals surface area contributed by atoms with Crippen LogP contribution in [0.3, 0.4) is 0 Å². The molecule has 22 heavy (non-hydrogen) atoms. The monoisotopic (exact) mass is 292 g/mol. The zero-order chi connectivity index (χ0) is 15.1. The van der Waals surface area contributed by atoms with Crippen molar-refractivity contribution >= 4 is 21.9 Å². The highest BCUT2D eigenvalue weighted by molar-refractivity contribution is 6.06. The van der Waals surface area contributed by atoms with Gasteiger partial charge < -0.3 is 13.6 Å². The molecule has 2 aromatic heterocycles. The van der Waals surface area contributed by atoms with Crippen LogP contribution in [-0.4, -0.2) is 7.11 Å². The molecule has 4 aromatic rings. The van der Waals surface area contributed by atoms with E-state index in [9.17, 15) is 4.79 Å². The van der Waals surface area contributed by atoms with E-state index in [-0.39, 0.29) is 5.63 Å². The third-order valence-corrected chi connectivity index (χ3v) is 3.72. The average Bonchev–Trinajstić information content (AvgIpc) is 3.03. The summed E-state index contributed by atoms with van der Waals surface area (Å²) in [5.41, 5.74) is 2.05. The second-order valence-corrected chi connectivity index (χ2v) is 4.97. The molecule has 0 aliphatic heterocycles. The fraction of sp³-hybridized carbons (Fsp3) is 0.0556. The number of furan rings is 1. The summed E-state index contributed by atoms with van der Waals surface area (Å²) in [6, 6.07) is 14.8. The van der Waals surface area contributed by atoms with Gasteiger partial charge in [0.25, 0.3) is 0 Å². The number of hydrogen-bond donors (Lipinski definition) is 0. The maximum absolute atomic E-state index is 12.4. The van der Waals surface area contributed by atoms with E-state index < -0.39 is 0 Å². The molecule has 0 bridgehead atoms. The number of ether oxygens (including phenoxy) is 1. The van der Waals surface area contributed by atoms with Crippen LogP contribution in [0, 0.1) is 0 Å². The van der Waals surface area contributed by atoms with E-state index >= 15 is 0 Å². The van der Waals surface area contributed by atoms with Crippen molar-refractivity contribution in [3.63, 3.8) is 0 Å². The molecule has 0 unspecified atom stereocenters. The third-order valence-electron chi connectivity index (χ3n) is 3.72. The van der Waals surface area contributed by atoms with E-state index in [1.165, 1.54) is 0 Å². The number of benzene rings is 2. The van der Waals surface area contributed by atoms with Crippen LogP contribution in [0.5, 0.6) is 5.75 Å². The highest BCUT2D eigenvalue weighted by atomic mass is 16.5. The lowest BCUT2D eigenvalue weighted by Gasteiger charge is -2.07. The predicted octanol–water partition coefficient (Wildman–Crippen LogP) is 4.21. The molecule has 0 fully saturated rings. The Morgan fingerprint density at radius 1 is 1.00 bits per heavy atom. The van der Waals surface area contributed by atoms with Crippen molar-refractivity contribution in [1.82, 2.24) is 0 Å². The number of hydrogen-bond acceptors (Lipinski definition) is 4. The number of fused-ring (bicyclic) bond motifs is 3. The Kier molecular flexibility index (Phi) is 2.76. The van der Waals surface area contributed by atoms with Crippen LogP contribution in [-0.2, 0) is 0 Å². The zero-order valence-electron chi connectivity index (χ0n) is 11.8. The first-order valence-corrected chi connectivity index (χ1v) is 6.85. The first-order valence-electron chi connectivity index (χ1n) is 6.85. The second-order valence-electron chi connectivity index (χ2n) is 4.97. The molecule has 0 radical (unpaired) electrons. The van der Waals surface area contributed by atoms with Crippen molar-refractivity contribution in [2.24, 2.45) is 0 Å². The van der Waals surface area contributed by atoms with E-state index in [1.54, 1.807) is 25.5 Å². The summed E-state index contributed by atoms with van der Waals surface area (Å²) in [6.45, 7) is 0. The predicted molar refractivity (Wildman–Crippen MR) is 84.2 cm³/mol. The lowest BCUT2D eigenvalue weighted by Crippen LogP contribution is -2.03. The molecule has 0 saturated heterocycles. The molecule has 0 aliphatic carbocycles. The van der Waals surface area contributed by atoms with Gasteiger partial charge in [0.05, 0.1) is 29.7 Å². The molecule has 2 heterocycles. The maximum atomic E-state index is 12.4. The molecule has 0 saturated carbocycles. The van der Waals surface area contributed by atoms with Crippen molar-refractivity contribution in [2.75, 3.05) is 7.11 Å².